The number of hydrogen-bond acceptors (Lipinski definition) is 4. The summed E-state index contributed by atoms with van der Waals surface area (Å²) in [4.78, 5) is 14.9. The molecule has 5 atom stereocenters. The highest BCUT2D eigenvalue weighted by atomic mass is 35.5. The molecule has 2 aromatic carbocycles. The van der Waals surface area contributed by atoms with Crippen LogP contribution in [0.25, 0.3) is 0 Å². The monoisotopic (exact) mass is 478 g/mol. The Bertz CT molecular complexity index is 990. The van der Waals surface area contributed by atoms with Gasteiger partial charge >= 0.3 is 0 Å². The van der Waals surface area contributed by atoms with Crippen molar-refractivity contribution in [2.24, 2.45) is 11.8 Å². The molecule has 1 aliphatic heterocycles. The largest absolute Gasteiger partial charge is 0.489 e. The zero-order valence-corrected chi connectivity index (χ0v) is 19.0. The predicted octanol–water partition coefficient (Wildman–Crippen LogP) is 4.56. The summed E-state index contributed by atoms with van der Waals surface area (Å²) in [7, 11) is 0. The van der Waals surface area contributed by atoms with Crippen molar-refractivity contribution in [2.75, 3.05) is 19.7 Å². The highest BCUT2D eigenvalue weighted by Crippen LogP contribution is 2.54. The first-order valence-electron chi connectivity index (χ1n) is 11.0. The normalized spacial score (nSPS) is 28.9. The third-order valence-corrected chi connectivity index (χ3v) is 7.33. The van der Waals surface area contributed by atoms with Crippen LogP contribution in [0.2, 0.25) is 10.0 Å². The van der Waals surface area contributed by atoms with Crippen LogP contribution in [-0.2, 0) is 4.79 Å². The highest BCUT2D eigenvalue weighted by Gasteiger charge is 2.56. The Morgan fingerprint density at radius 1 is 1.09 bits per heavy atom. The molecule has 3 unspecified atom stereocenters. The van der Waals surface area contributed by atoms with Crippen molar-refractivity contribution in [2.45, 2.75) is 37.5 Å². The minimum Gasteiger partial charge on any atom is -0.489 e. The van der Waals surface area contributed by atoms with E-state index in [1.54, 1.807) is 6.07 Å². The lowest BCUT2D eigenvalue weighted by molar-refractivity contribution is -0.123. The lowest BCUT2D eigenvalue weighted by Crippen LogP contribution is -2.41. The molecule has 8 heteroatoms. The van der Waals surface area contributed by atoms with Gasteiger partial charge in [-0.3, -0.25) is 9.69 Å². The quantitative estimate of drug-likeness (QED) is 0.633. The van der Waals surface area contributed by atoms with Crippen LogP contribution in [0.3, 0.4) is 0 Å². The van der Waals surface area contributed by atoms with Crippen LogP contribution in [0.15, 0.2) is 42.5 Å². The fourth-order valence-electron chi connectivity index (χ4n) is 5.16. The number of hydrogen-bond donors (Lipinski definition) is 1. The summed E-state index contributed by atoms with van der Waals surface area (Å²) < 4.78 is 25.1. The molecule has 5 rings (SSSR count). The topological polar surface area (TPSA) is 50.8 Å². The van der Waals surface area contributed by atoms with Gasteiger partial charge in [0.05, 0.1) is 5.02 Å². The van der Waals surface area contributed by atoms with Gasteiger partial charge in [-0.2, -0.15) is 0 Å². The zero-order chi connectivity index (χ0) is 22.2. The summed E-state index contributed by atoms with van der Waals surface area (Å²) in [6.45, 7) is 1.78. The van der Waals surface area contributed by atoms with Gasteiger partial charge in [0.2, 0.25) is 0 Å². The lowest BCUT2D eigenvalue weighted by atomic mass is 10.1. The molecule has 170 valence electrons. The number of nitrogens with zero attached hydrogens (tertiary/aromatic N) is 1. The third kappa shape index (κ3) is 4.82. The molecule has 2 aliphatic carbocycles. The maximum atomic E-state index is 13.5. The number of carbonyl (C=O) groups is 1. The molecular formula is C24H25Cl2FN2O3. The number of likely N-dealkylation sites (tertiary alicyclic amines) is 1. The minimum absolute atomic E-state index is 0.0290. The Labute approximate surface area is 196 Å². The molecule has 0 bridgehead atoms. The number of ether oxygens (including phenoxy) is 2. The summed E-state index contributed by atoms with van der Waals surface area (Å²) in [6.07, 6.45) is 3.27. The van der Waals surface area contributed by atoms with Crippen LogP contribution >= 0.6 is 23.2 Å². The molecule has 1 saturated heterocycles. The van der Waals surface area contributed by atoms with E-state index in [2.05, 4.69) is 10.2 Å². The molecule has 0 spiro atoms. The first-order valence-corrected chi connectivity index (χ1v) is 11.8. The number of rotatable bonds is 7. The van der Waals surface area contributed by atoms with E-state index in [1.807, 2.05) is 24.3 Å². The number of fused-ring (bicyclic) bond motifs is 1. The molecule has 1 N–H and O–H groups in total. The van der Waals surface area contributed by atoms with Crippen LogP contribution in [-0.4, -0.2) is 48.7 Å². The average Bonchev–Trinajstić information content (AvgIpc) is 3.30. The van der Waals surface area contributed by atoms with Crippen molar-refractivity contribution in [3.8, 4) is 11.5 Å². The number of benzene rings is 2. The molecule has 1 heterocycles. The Hall–Kier alpha value is -2.02. The van der Waals surface area contributed by atoms with Gasteiger partial charge in [-0.05, 0) is 67.5 Å². The number of halogens is 3. The third-order valence-electron chi connectivity index (χ3n) is 6.77. The zero-order valence-electron chi connectivity index (χ0n) is 17.5. The standard InChI is InChI=1S/C24H25Cl2FN2O3/c25-14-1-3-15(4-2-14)32-17-7-8-29(12-17)23-11-22(18-10-19(18)23)28-24(30)13-31-16-5-6-20(26)21(27)9-16/h1-6,9,17-19,22-23H,7-8,10-13H2,(H,28,30)/t17?,18?,19?,22-,23+/m1/s1. The fraction of sp³-hybridized carbons (Fsp3) is 0.458. The van der Waals surface area contributed by atoms with E-state index < -0.39 is 5.82 Å². The maximum absolute atomic E-state index is 13.5. The van der Waals surface area contributed by atoms with E-state index in [4.69, 9.17) is 32.7 Å². The molecule has 2 aromatic rings. The smallest absolute Gasteiger partial charge is 0.258 e. The summed E-state index contributed by atoms with van der Waals surface area (Å²) in [6, 6.07) is 12.3. The highest BCUT2D eigenvalue weighted by molar-refractivity contribution is 6.30. The summed E-state index contributed by atoms with van der Waals surface area (Å²) in [5, 5.41) is 3.85. The van der Waals surface area contributed by atoms with Crippen LogP contribution in [0.5, 0.6) is 11.5 Å². The molecule has 0 aromatic heterocycles. The summed E-state index contributed by atoms with van der Waals surface area (Å²) in [5.41, 5.74) is 0. The van der Waals surface area contributed by atoms with Crippen LogP contribution in [0.1, 0.15) is 19.3 Å². The van der Waals surface area contributed by atoms with Crippen LogP contribution in [0.4, 0.5) is 4.39 Å². The second kappa shape index (κ2) is 9.08. The second-order valence-corrected chi connectivity index (χ2v) is 9.73. The van der Waals surface area contributed by atoms with Gasteiger partial charge in [0.1, 0.15) is 23.4 Å². The molecule has 3 fully saturated rings. The van der Waals surface area contributed by atoms with Gasteiger partial charge < -0.3 is 14.8 Å². The predicted molar refractivity (Wildman–Crippen MR) is 121 cm³/mol. The Morgan fingerprint density at radius 3 is 2.66 bits per heavy atom. The van der Waals surface area contributed by atoms with Crippen molar-refractivity contribution in [1.82, 2.24) is 10.2 Å². The van der Waals surface area contributed by atoms with Crippen molar-refractivity contribution in [3.05, 3.63) is 58.3 Å². The fourth-order valence-corrected chi connectivity index (χ4v) is 5.40. The van der Waals surface area contributed by atoms with Gasteiger partial charge in [0, 0.05) is 36.3 Å². The molecule has 1 amide bonds. The average molecular weight is 479 g/mol. The minimum atomic E-state index is -0.562. The molecule has 0 radical (unpaired) electrons. The number of carbonyl (C=O) groups excluding carboxylic acids is 1. The van der Waals surface area contributed by atoms with E-state index in [9.17, 15) is 9.18 Å². The van der Waals surface area contributed by atoms with Gasteiger partial charge in [-0.1, -0.05) is 23.2 Å². The van der Waals surface area contributed by atoms with Crippen molar-refractivity contribution >= 4 is 29.1 Å². The van der Waals surface area contributed by atoms with Gasteiger partial charge in [0.15, 0.2) is 6.61 Å². The van der Waals surface area contributed by atoms with E-state index in [-0.39, 0.29) is 29.7 Å². The van der Waals surface area contributed by atoms with Crippen LogP contribution < -0.4 is 14.8 Å². The van der Waals surface area contributed by atoms with Crippen molar-refractivity contribution < 1.29 is 18.7 Å². The summed E-state index contributed by atoms with van der Waals surface area (Å²) in [5.74, 6) is 1.58. The number of nitrogens with one attached hydrogen (secondary N) is 1. The SMILES string of the molecule is O=C(COc1ccc(Cl)c(F)c1)N[C@@H]1C[C@H](N2CCC(Oc3ccc(Cl)cc3)C2)C2CC21. The maximum Gasteiger partial charge on any atom is 0.258 e. The van der Waals surface area contributed by atoms with Crippen molar-refractivity contribution in [1.29, 1.82) is 0 Å². The van der Waals surface area contributed by atoms with E-state index in [0.717, 1.165) is 38.1 Å². The molecular weight excluding hydrogens is 454 g/mol. The van der Waals surface area contributed by atoms with E-state index >= 15 is 0 Å². The second-order valence-electron chi connectivity index (χ2n) is 8.88. The Kier molecular flexibility index (Phi) is 6.19. The lowest BCUT2D eigenvalue weighted by Gasteiger charge is -2.27. The Balaban J connectivity index is 1.09. The van der Waals surface area contributed by atoms with E-state index in [0.29, 0.717) is 28.6 Å². The van der Waals surface area contributed by atoms with E-state index in [1.165, 1.54) is 12.1 Å². The Morgan fingerprint density at radius 2 is 1.88 bits per heavy atom. The van der Waals surface area contributed by atoms with Crippen molar-refractivity contribution in [3.63, 3.8) is 0 Å². The van der Waals surface area contributed by atoms with Gasteiger partial charge in [-0.25, -0.2) is 4.39 Å². The first kappa shape index (κ1) is 21.8. The molecule has 3 aliphatic rings. The van der Waals surface area contributed by atoms with Gasteiger partial charge in [0.25, 0.3) is 5.91 Å². The van der Waals surface area contributed by atoms with Gasteiger partial charge in [-0.15, -0.1) is 0 Å². The first-order chi connectivity index (χ1) is 15.5. The van der Waals surface area contributed by atoms with Crippen LogP contribution in [0, 0.1) is 17.7 Å². The molecule has 5 nitrogen and oxygen atoms in total. The summed E-state index contributed by atoms with van der Waals surface area (Å²) >= 11 is 11.6. The number of amides is 1. The molecule has 2 saturated carbocycles. The molecule has 32 heavy (non-hydrogen) atoms.